The smallest absolute Gasteiger partial charge is 0.307 e. The molecule has 0 bridgehead atoms. The lowest BCUT2D eigenvalue weighted by Gasteiger charge is -2.18. The number of aryl methyl sites for hydroxylation is 1. The van der Waals surface area contributed by atoms with Crippen LogP contribution in [0.1, 0.15) is 43.9 Å². The summed E-state index contributed by atoms with van der Waals surface area (Å²) in [6.45, 7) is 6.50. The zero-order valence-electron chi connectivity index (χ0n) is 15.8. The largest absolute Gasteiger partial charge is 0.466 e. The van der Waals surface area contributed by atoms with Crippen molar-refractivity contribution >= 4 is 11.9 Å². The van der Waals surface area contributed by atoms with Gasteiger partial charge >= 0.3 is 11.9 Å². The molecule has 0 saturated heterocycles. The van der Waals surface area contributed by atoms with Crippen molar-refractivity contribution < 1.29 is 34.0 Å². The zero-order valence-corrected chi connectivity index (χ0v) is 15.8. The molecule has 0 fully saturated rings. The molecule has 0 spiro atoms. The van der Waals surface area contributed by atoms with Gasteiger partial charge in [0.25, 0.3) is 0 Å². The molecule has 1 unspecified atom stereocenters. The number of carbonyl (C=O) groups excluding carboxylic acids is 2. The van der Waals surface area contributed by atoms with Crippen LogP contribution in [0.25, 0.3) is 0 Å². The zero-order chi connectivity index (χ0) is 19.8. The van der Waals surface area contributed by atoms with Crippen molar-refractivity contribution in [3.8, 4) is 0 Å². The Kier molecular flexibility index (Phi) is 14.2. The first-order chi connectivity index (χ1) is 12.5. The van der Waals surface area contributed by atoms with E-state index in [2.05, 4.69) is 0 Å². The van der Waals surface area contributed by atoms with Crippen molar-refractivity contribution in [3.63, 3.8) is 0 Å². The number of aliphatic hydroxyl groups is 2. The molecule has 1 aromatic rings. The summed E-state index contributed by atoms with van der Waals surface area (Å²) >= 11 is 0. The third kappa shape index (κ3) is 11.6. The Morgan fingerprint density at radius 3 is 2.04 bits per heavy atom. The quantitative estimate of drug-likeness (QED) is 0.607. The number of ether oxygens (including phenoxy) is 3. The highest BCUT2D eigenvalue weighted by Crippen LogP contribution is 2.19. The maximum Gasteiger partial charge on any atom is 0.307 e. The molecule has 0 aromatic heterocycles. The summed E-state index contributed by atoms with van der Waals surface area (Å²) in [5.74, 6) is -0.825. The molecule has 0 heterocycles. The van der Waals surface area contributed by atoms with E-state index in [1.54, 1.807) is 6.92 Å². The Hall–Kier alpha value is -1.96. The number of esters is 2. The van der Waals surface area contributed by atoms with E-state index in [1.807, 2.05) is 38.1 Å². The molecule has 0 amide bonds. The number of benzene rings is 1. The third-order valence-electron chi connectivity index (χ3n) is 3.13. The summed E-state index contributed by atoms with van der Waals surface area (Å²) in [4.78, 5) is 23.1. The van der Waals surface area contributed by atoms with Gasteiger partial charge in [-0.15, -0.1) is 0 Å². The molecular formula is C19H30O7. The van der Waals surface area contributed by atoms with E-state index in [0.29, 0.717) is 19.8 Å². The van der Waals surface area contributed by atoms with Gasteiger partial charge in [0.2, 0.25) is 0 Å². The number of hydrogen-bond donors (Lipinski definition) is 2. The molecule has 0 saturated carbocycles. The molecule has 0 aliphatic heterocycles. The standard InChI is InChI=1S/C17H24O5.C2H6O2/c1-4-20-12-15(14-8-6-13(3)7-9-14)22-17(19)11-10-16(18)21-5-2;3-1-2-4/h6-9,15H,4-5,10-12H2,1-3H3;3-4H,1-2H2. The van der Waals surface area contributed by atoms with Crippen molar-refractivity contribution in [2.75, 3.05) is 33.0 Å². The van der Waals surface area contributed by atoms with Crippen LogP contribution in [0.2, 0.25) is 0 Å². The lowest BCUT2D eigenvalue weighted by molar-refractivity contribution is -0.156. The first-order valence-corrected chi connectivity index (χ1v) is 8.69. The topological polar surface area (TPSA) is 102 Å². The number of rotatable bonds is 10. The van der Waals surface area contributed by atoms with Gasteiger partial charge in [-0.2, -0.15) is 0 Å². The van der Waals surface area contributed by atoms with E-state index in [4.69, 9.17) is 24.4 Å². The Balaban J connectivity index is 0.00000141. The average Bonchev–Trinajstić information content (AvgIpc) is 2.64. The van der Waals surface area contributed by atoms with Crippen LogP contribution in [0.3, 0.4) is 0 Å². The highest BCUT2D eigenvalue weighted by molar-refractivity contribution is 5.77. The summed E-state index contributed by atoms with van der Waals surface area (Å²) in [5, 5.41) is 15.2. The SMILES string of the molecule is CCOCC(OC(=O)CCC(=O)OCC)c1ccc(C)cc1.OCCO. The number of carbonyl (C=O) groups is 2. The third-order valence-corrected chi connectivity index (χ3v) is 3.13. The van der Waals surface area contributed by atoms with Gasteiger partial charge in [0.1, 0.15) is 0 Å². The van der Waals surface area contributed by atoms with E-state index in [0.717, 1.165) is 11.1 Å². The second kappa shape index (κ2) is 15.3. The Bertz CT molecular complexity index is 497. The highest BCUT2D eigenvalue weighted by atomic mass is 16.6. The number of aliphatic hydroxyl groups excluding tert-OH is 2. The maximum atomic E-state index is 11.9. The second-order valence-corrected chi connectivity index (χ2v) is 5.30. The Labute approximate surface area is 154 Å². The lowest BCUT2D eigenvalue weighted by atomic mass is 10.1. The van der Waals surface area contributed by atoms with Crippen LogP contribution >= 0.6 is 0 Å². The summed E-state index contributed by atoms with van der Waals surface area (Å²) < 4.78 is 15.6. The van der Waals surface area contributed by atoms with E-state index in [-0.39, 0.29) is 26.1 Å². The average molecular weight is 370 g/mol. The molecular weight excluding hydrogens is 340 g/mol. The highest BCUT2D eigenvalue weighted by Gasteiger charge is 2.18. The molecule has 0 aliphatic rings. The lowest BCUT2D eigenvalue weighted by Crippen LogP contribution is -2.17. The van der Waals surface area contributed by atoms with Gasteiger partial charge < -0.3 is 24.4 Å². The van der Waals surface area contributed by atoms with E-state index in [9.17, 15) is 9.59 Å². The van der Waals surface area contributed by atoms with Crippen LogP contribution in [0.4, 0.5) is 0 Å². The van der Waals surface area contributed by atoms with Crippen LogP contribution in [0, 0.1) is 6.92 Å². The molecule has 1 atom stereocenters. The van der Waals surface area contributed by atoms with Gasteiger partial charge in [-0.25, -0.2) is 0 Å². The van der Waals surface area contributed by atoms with Crippen molar-refractivity contribution in [1.29, 1.82) is 0 Å². The molecule has 148 valence electrons. The minimum atomic E-state index is -0.463. The minimum Gasteiger partial charge on any atom is -0.466 e. The van der Waals surface area contributed by atoms with Gasteiger partial charge in [-0.1, -0.05) is 29.8 Å². The van der Waals surface area contributed by atoms with Crippen molar-refractivity contribution in [2.24, 2.45) is 0 Å². The summed E-state index contributed by atoms with van der Waals surface area (Å²) in [6.07, 6.45) is -0.426. The summed E-state index contributed by atoms with van der Waals surface area (Å²) in [7, 11) is 0. The molecule has 0 radical (unpaired) electrons. The molecule has 26 heavy (non-hydrogen) atoms. The number of hydrogen-bond acceptors (Lipinski definition) is 7. The predicted octanol–water partition coefficient (Wildman–Crippen LogP) is 1.93. The minimum absolute atomic E-state index is 0.00726. The van der Waals surface area contributed by atoms with Crippen LogP contribution in [-0.4, -0.2) is 55.2 Å². The van der Waals surface area contributed by atoms with Crippen molar-refractivity contribution in [3.05, 3.63) is 35.4 Å². The summed E-state index contributed by atoms with van der Waals surface area (Å²) in [5.41, 5.74) is 2.01. The van der Waals surface area contributed by atoms with Gasteiger partial charge in [0.05, 0.1) is 39.3 Å². The van der Waals surface area contributed by atoms with Crippen molar-refractivity contribution in [1.82, 2.24) is 0 Å². The molecule has 7 nitrogen and oxygen atoms in total. The van der Waals surface area contributed by atoms with Crippen LogP contribution < -0.4 is 0 Å². The first kappa shape index (κ1) is 24.0. The molecule has 2 N–H and O–H groups in total. The Morgan fingerprint density at radius 1 is 0.962 bits per heavy atom. The van der Waals surface area contributed by atoms with Crippen LogP contribution in [0.15, 0.2) is 24.3 Å². The predicted molar refractivity (Wildman–Crippen MR) is 96.5 cm³/mol. The fourth-order valence-electron chi connectivity index (χ4n) is 1.86. The van der Waals surface area contributed by atoms with Gasteiger partial charge in [-0.3, -0.25) is 9.59 Å². The first-order valence-electron chi connectivity index (χ1n) is 8.69. The van der Waals surface area contributed by atoms with Gasteiger partial charge in [0, 0.05) is 6.61 Å². The van der Waals surface area contributed by atoms with E-state index >= 15 is 0 Å². The summed E-state index contributed by atoms with van der Waals surface area (Å²) in [6, 6.07) is 7.75. The van der Waals surface area contributed by atoms with Crippen LogP contribution in [0.5, 0.6) is 0 Å². The van der Waals surface area contributed by atoms with Crippen molar-refractivity contribution in [2.45, 2.75) is 39.7 Å². The Morgan fingerprint density at radius 2 is 1.54 bits per heavy atom. The van der Waals surface area contributed by atoms with Gasteiger partial charge in [0.15, 0.2) is 6.10 Å². The van der Waals surface area contributed by atoms with E-state index in [1.165, 1.54) is 0 Å². The second-order valence-electron chi connectivity index (χ2n) is 5.30. The fraction of sp³-hybridized carbons (Fsp3) is 0.579. The molecule has 1 aromatic carbocycles. The normalized spacial score (nSPS) is 11.1. The van der Waals surface area contributed by atoms with Crippen LogP contribution in [-0.2, 0) is 23.8 Å². The monoisotopic (exact) mass is 370 g/mol. The fourth-order valence-corrected chi connectivity index (χ4v) is 1.86. The molecule has 1 rings (SSSR count). The maximum absolute atomic E-state index is 11.9. The molecule has 7 heteroatoms. The van der Waals surface area contributed by atoms with Gasteiger partial charge in [-0.05, 0) is 26.3 Å². The van der Waals surface area contributed by atoms with E-state index < -0.39 is 18.0 Å². The molecule has 0 aliphatic carbocycles.